The van der Waals surface area contributed by atoms with Crippen LogP contribution in [0.3, 0.4) is 0 Å². The van der Waals surface area contributed by atoms with E-state index < -0.39 is 0 Å². The van der Waals surface area contributed by atoms with E-state index >= 15 is 0 Å². The molecule has 0 spiro atoms. The zero-order valence-electron chi connectivity index (χ0n) is 10.3. The molecule has 6 heteroatoms. The summed E-state index contributed by atoms with van der Waals surface area (Å²) >= 11 is 2.33. The molecule has 1 N–H and O–H groups in total. The second-order valence-corrected chi connectivity index (χ2v) is 5.60. The number of nitrogens with one attached hydrogen (secondary N) is 1. The summed E-state index contributed by atoms with van der Waals surface area (Å²) in [5, 5.41) is 7.32. The molecule has 0 atom stereocenters. The molecule has 18 heavy (non-hydrogen) atoms. The van der Waals surface area contributed by atoms with Crippen molar-refractivity contribution in [2.24, 2.45) is 7.05 Å². The minimum atomic E-state index is 0.613. The number of rotatable bonds is 3. The van der Waals surface area contributed by atoms with Gasteiger partial charge in [-0.3, -0.25) is 4.68 Å². The number of halogens is 1. The molecule has 0 amide bonds. The van der Waals surface area contributed by atoms with E-state index in [1.54, 1.807) is 10.9 Å². The molecule has 1 aliphatic carbocycles. The van der Waals surface area contributed by atoms with Crippen LogP contribution in [-0.4, -0.2) is 26.8 Å². The predicted molar refractivity (Wildman–Crippen MR) is 78.5 cm³/mol. The SMILES string of the molecule is CNc1nc(-c2cnn(C)c2)nc(C2CC2)c1I. The molecule has 0 bridgehead atoms. The maximum Gasteiger partial charge on any atom is 0.165 e. The van der Waals surface area contributed by atoms with Crippen molar-refractivity contribution in [3.63, 3.8) is 0 Å². The number of aromatic nitrogens is 4. The lowest BCUT2D eigenvalue weighted by molar-refractivity contribution is 0.768. The maximum absolute atomic E-state index is 4.71. The first-order valence-electron chi connectivity index (χ1n) is 5.93. The van der Waals surface area contributed by atoms with E-state index in [0.29, 0.717) is 5.92 Å². The van der Waals surface area contributed by atoms with E-state index in [4.69, 9.17) is 4.98 Å². The van der Waals surface area contributed by atoms with Crippen LogP contribution in [0.15, 0.2) is 12.4 Å². The fourth-order valence-corrected chi connectivity index (χ4v) is 2.87. The second-order valence-electron chi connectivity index (χ2n) is 4.52. The van der Waals surface area contributed by atoms with Crippen molar-refractivity contribution in [2.45, 2.75) is 18.8 Å². The fraction of sp³-hybridized carbons (Fsp3) is 0.417. The molecule has 1 fully saturated rings. The summed E-state index contributed by atoms with van der Waals surface area (Å²) in [6.07, 6.45) is 6.22. The summed E-state index contributed by atoms with van der Waals surface area (Å²) < 4.78 is 2.91. The van der Waals surface area contributed by atoms with Crippen LogP contribution in [0.25, 0.3) is 11.4 Å². The molecule has 2 aromatic rings. The largest absolute Gasteiger partial charge is 0.372 e. The molecule has 1 aliphatic rings. The Balaban J connectivity index is 2.12. The third-order valence-corrected chi connectivity index (χ3v) is 4.10. The number of hydrogen-bond acceptors (Lipinski definition) is 4. The lowest BCUT2D eigenvalue weighted by Gasteiger charge is -2.09. The zero-order valence-corrected chi connectivity index (χ0v) is 12.5. The van der Waals surface area contributed by atoms with Gasteiger partial charge >= 0.3 is 0 Å². The first-order valence-corrected chi connectivity index (χ1v) is 7.01. The van der Waals surface area contributed by atoms with E-state index in [0.717, 1.165) is 20.8 Å². The highest BCUT2D eigenvalue weighted by Gasteiger charge is 2.29. The lowest BCUT2D eigenvalue weighted by atomic mass is 10.2. The van der Waals surface area contributed by atoms with Crippen molar-refractivity contribution < 1.29 is 0 Å². The highest BCUT2D eigenvalue weighted by molar-refractivity contribution is 14.1. The number of anilines is 1. The van der Waals surface area contributed by atoms with E-state index in [-0.39, 0.29) is 0 Å². The summed E-state index contributed by atoms with van der Waals surface area (Å²) in [5.41, 5.74) is 2.14. The van der Waals surface area contributed by atoms with Crippen LogP contribution in [0.5, 0.6) is 0 Å². The third-order valence-electron chi connectivity index (χ3n) is 3.04. The highest BCUT2D eigenvalue weighted by Crippen LogP contribution is 2.42. The lowest BCUT2D eigenvalue weighted by Crippen LogP contribution is -2.04. The summed E-state index contributed by atoms with van der Waals surface area (Å²) in [6, 6.07) is 0. The van der Waals surface area contributed by atoms with Gasteiger partial charge in [-0.15, -0.1) is 0 Å². The van der Waals surface area contributed by atoms with Crippen LogP contribution in [-0.2, 0) is 7.05 Å². The summed E-state index contributed by atoms with van der Waals surface area (Å²) in [6.45, 7) is 0. The molecular weight excluding hydrogens is 341 g/mol. The van der Waals surface area contributed by atoms with E-state index in [9.17, 15) is 0 Å². The highest BCUT2D eigenvalue weighted by atomic mass is 127. The molecule has 3 rings (SSSR count). The quantitative estimate of drug-likeness (QED) is 0.860. The predicted octanol–water partition coefficient (Wildman–Crippen LogP) is 2.40. The molecule has 0 radical (unpaired) electrons. The fourth-order valence-electron chi connectivity index (χ4n) is 1.92. The standard InChI is InChI=1S/C12H14IN5/c1-14-12-9(13)10(7-3-4-7)16-11(17-12)8-5-15-18(2)6-8/h5-7H,3-4H2,1-2H3,(H,14,16,17). The van der Waals surface area contributed by atoms with Gasteiger partial charge in [-0.05, 0) is 35.4 Å². The van der Waals surface area contributed by atoms with Gasteiger partial charge < -0.3 is 5.32 Å². The van der Waals surface area contributed by atoms with Crippen LogP contribution in [0.1, 0.15) is 24.5 Å². The summed E-state index contributed by atoms with van der Waals surface area (Å²) in [4.78, 5) is 9.28. The second kappa shape index (κ2) is 4.49. The molecule has 2 aromatic heterocycles. The Kier molecular flexibility index (Phi) is 2.96. The first-order chi connectivity index (χ1) is 8.69. The molecule has 0 unspecified atom stereocenters. The minimum Gasteiger partial charge on any atom is -0.372 e. The first kappa shape index (κ1) is 11.9. The van der Waals surface area contributed by atoms with E-state index in [1.165, 1.54) is 18.5 Å². The van der Waals surface area contributed by atoms with Crippen molar-refractivity contribution in [2.75, 3.05) is 12.4 Å². The molecule has 2 heterocycles. The number of hydrogen-bond donors (Lipinski definition) is 1. The molecule has 0 aromatic carbocycles. The maximum atomic E-state index is 4.71. The summed E-state index contributed by atoms with van der Waals surface area (Å²) in [7, 11) is 3.80. The molecule has 0 aliphatic heterocycles. The molecular formula is C12H14IN5. The van der Waals surface area contributed by atoms with Gasteiger partial charge in [0.15, 0.2) is 5.82 Å². The van der Waals surface area contributed by atoms with E-state index in [1.807, 2.05) is 20.3 Å². The normalized spacial score (nSPS) is 14.8. The van der Waals surface area contributed by atoms with Gasteiger partial charge in [-0.1, -0.05) is 0 Å². The van der Waals surface area contributed by atoms with Gasteiger partial charge in [0.05, 0.1) is 21.0 Å². The minimum absolute atomic E-state index is 0.613. The number of nitrogens with zero attached hydrogens (tertiary/aromatic N) is 4. The van der Waals surface area contributed by atoms with Crippen molar-refractivity contribution >= 4 is 28.4 Å². The van der Waals surface area contributed by atoms with Gasteiger partial charge in [-0.2, -0.15) is 5.10 Å². The van der Waals surface area contributed by atoms with Gasteiger partial charge in [-0.25, -0.2) is 9.97 Å². The van der Waals surface area contributed by atoms with Crippen molar-refractivity contribution in [1.82, 2.24) is 19.7 Å². The Bertz CT molecular complexity index is 588. The molecule has 0 saturated heterocycles. The molecule has 5 nitrogen and oxygen atoms in total. The molecule has 94 valence electrons. The van der Waals surface area contributed by atoms with Crippen LogP contribution in [0.4, 0.5) is 5.82 Å². The van der Waals surface area contributed by atoms with Crippen molar-refractivity contribution in [3.05, 3.63) is 21.7 Å². The van der Waals surface area contributed by atoms with E-state index in [2.05, 4.69) is 38.0 Å². The Morgan fingerprint density at radius 3 is 2.72 bits per heavy atom. The van der Waals surface area contributed by atoms with Crippen LogP contribution < -0.4 is 5.32 Å². The van der Waals surface area contributed by atoms with Crippen LogP contribution in [0.2, 0.25) is 0 Å². The monoisotopic (exact) mass is 355 g/mol. The average molecular weight is 355 g/mol. The Labute approximate surface area is 119 Å². The van der Waals surface area contributed by atoms with Gasteiger partial charge in [0.1, 0.15) is 5.82 Å². The van der Waals surface area contributed by atoms with Gasteiger partial charge in [0.2, 0.25) is 0 Å². The van der Waals surface area contributed by atoms with Crippen LogP contribution in [0, 0.1) is 3.57 Å². The van der Waals surface area contributed by atoms with Gasteiger partial charge in [0.25, 0.3) is 0 Å². The summed E-state index contributed by atoms with van der Waals surface area (Å²) in [5.74, 6) is 2.28. The van der Waals surface area contributed by atoms with Crippen molar-refractivity contribution in [3.8, 4) is 11.4 Å². The average Bonchev–Trinajstić information content (AvgIpc) is 3.12. The van der Waals surface area contributed by atoms with Crippen molar-refractivity contribution in [1.29, 1.82) is 0 Å². The Hall–Kier alpha value is -1.18. The van der Waals surface area contributed by atoms with Gasteiger partial charge in [0, 0.05) is 26.2 Å². The topological polar surface area (TPSA) is 55.6 Å². The van der Waals surface area contributed by atoms with Crippen LogP contribution >= 0.6 is 22.6 Å². The third kappa shape index (κ3) is 2.09. The molecule has 1 saturated carbocycles. The number of aryl methyl sites for hydroxylation is 1. The zero-order chi connectivity index (χ0) is 12.7. The Morgan fingerprint density at radius 2 is 2.17 bits per heavy atom. The smallest absolute Gasteiger partial charge is 0.165 e. The Morgan fingerprint density at radius 1 is 1.39 bits per heavy atom.